The van der Waals surface area contributed by atoms with Crippen LogP contribution in [0.3, 0.4) is 0 Å². The molecule has 1 amide bonds. The molecule has 0 bridgehead atoms. The van der Waals surface area contributed by atoms with Crippen LogP contribution in [0.25, 0.3) is 10.2 Å². The topological polar surface area (TPSA) is 127 Å². The zero-order valence-electron chi connectivity index (χ0n) is 10.8. The number of hydrogen-bond acceptors (Lipinski definition) is 8. The van der Waals surface area contributed by atoms with Crippen molar-refractivity contribution >= 4 is 50.0 Å². The van der Waals surface area contributed by atoms with Gasteiger partial charge in [0.05, 0.1) is 20.9 Å². The van der Waals surface area contributed by atoms with Gasteiger partial charge in [-0.25, -0.2) is 9.97 Å². The zero-order chi connectivity index (χ0) is 15.5. The highest BCUT2D eigenvalue weighted by Crippen LogP contribution is 2.29. The van der Waals surface area contributed by atoms with E-state index in [4.69, 9.17) is 0 Å². The Bertz CT molecular complexity index is 832. The molecule has 0 saturated carbocycles. The lowest BCUT2D eigenvalue weighted by Crippen LogP contribution is -2.13. The Morgan fingerprint density at radius 1 is 1.50 bits per heavy atom. The summed E-state index contributed by atoms with van der Waals surface area (Å²) >= 11 is 2.40. The third-order valence-electron chi connectivity index (χ3n) is 2.56. The summed E-state index contributed by atoms with van der Waals surface area (Å²) in [7, 11) is 0. The van der Waals surface area contributed by atoms with Crippen LogP contribution in [0.4, 0.5) is 10.8 Å². The Labute approximate surface area is 131 Å². The summed E-state index contributed by atoms with van der Waals surface area (Å²) in [6.07, 6.45) is 1.36. The van der Waals surface area contributed by atoms with Crippen LogP contribution in [0.1, 0.15) is 0 Å². The van der Waals surface area contributed by atoms with Gasteiger partial charge >= 0.3 is 0 Å². The number of benzene rings is 1. The van der Waals surface area contributed by atoms with Gasteiger partial charge in [-0.2, -0.15) is 5.10 Å². The number of hydrogen-bond donors (Lipinski definition) is 2. The second kappa shape index (κ2) is 6.07. The van der Waals surface area contributed by atoms with E-state index in [0.29, 0.717) is 20.5 Å². The van der Waals surface area contributed by atoms with E-state index >= 15 is 0 Å². The van der Waals surface area contributed by atoms with Crippen molar-refractivity contribution in [2.24, 2.45) is 0 Å². The molecule has 2 N–H and O–H groups in total. The number of thioether (sulfide) groups is 1. The molecule has 0 aliphatic rings. The Morgan fingerprint density at radius 2 is 2.36 bits per heavy atom. The van der Waals surface area contributed by atoms with Gasteiger partial charge in [0.1, 0.15) is 6.33 Å². The SMILES string of the molecule is O=C(CSc1ncn[nH]1)Nc1nc2ccc([N+](=O)[O-])cc2s1. The molecule has 0 atom stereocenters. The average molecular weight is 336 g/mol. The van der Waals surface area contributed by atoms with E-state index in [2.05, 4.69) is 25.5 Å². The first-order valence-electron chi connectivity index (χ1n) is 5.95. The number of aromatic amines is 1. The van der Waals surface area contributed by atoms with Crippen molar-refractivity contribution in [2.75, 3.05) is 11.1 Å². The van der Waals surface area contributed by atoms with E-state index in [-0.39, 0.29) is 17.3 Å². The molecule has 0 unspecified atom stereocenters. The third kappa shape index (κ3) is 3.20. The quantitative estimate of drug-likeness (QED) is 0.414. The normalized spacial score (nSPS) is 10.7. The van der Waals surface area contributed by atoms with E-state index in [1.807, 2.05) is 0 Å². The number of amides is 1. The molecule has 9 nitrogen and oxygen atoms in total. The standard InChI is InChI=1S/C11H8N6O3S2/c18-9(4-21-10-12-5-13-16-10)15-11-14-7-2-1-6(17(19)20)3-8(7)22-11/h1-3,5H,4H2,(H,12,13,16)(H,14,15,18). The summed E-state index contributed by atoms with van der Waals surface area (Å²) in [6.45, 7) is 0. The molecule has 0 fully saturated rings. The number of nitro groups is 1. The lowest BCUT2D eigenvalue weighted by molar-refractivity contribution is -0.384. The van der Waals surface area contributed by atoms with Crippen molar-refractivity contribution < 1.29 is 9.72 Å². The average Bonchev–Trinajstić information content (AvgIpc) is 3.13. The number of nitrogens with one attached hydrogen (secondary N) is 2. The van der Waals surface area contributed by atoms with Crippen LogP contribution in [-0.4, -0.2) is 36.7 Å². The first kappa shape index (κ1) is 14.4. The van der Waals surface area contributed by atoms with Gasteiger partial charge < -0.3 is 5.32 Å². The van der Waals surface area contributed by atoms with Gasteiger partial charge in [0, 0.05) is 12.1 Å². The van der Waals surface area contributed by atoms with Crippen molar-refractivity contribution in [1.82, 2.24) is 20.2 Å². The van der Waals surface area contributed by atoms with Gasteiger partial charge in [0.15, 0.2) is 10.3 Å². The molecule has 3 aromatic rings. The van der Waals surface area contributed by atoms with Crippen molar-refractivity contribution in [3.63, 3.8) is 0 Å². The van der Waals surface area contributed by atoms with Crippen molar-refractivity contribution in [1.29, 1.82) is 0 Å². The van der Waals surface area contributed by atoms with Gasteiger partial charge in [0.25, 0.3) is 5.69 Å². The number of H-pyrrole nitrogens is 1. The fraction of sp³-hybridized carbons (Fsp3) is 0.0909. The number of thiazole rings is 1. The van der Waals surface area contributed by atoms with Gasteiger partial charge in [-0.05, 0) is 6.07 Å². The van der Waals surface area contributed by atoms with Crippen LogP contribution in [0, 0.1) is 10.1 Å². The second-order valence-electron chi connectivity index (χ2n) is 4.06. The Morgan fingerprint density at radius 3 is 3.09 bits per heavy atom. The fourth-order valence-electron chi connectivity index (χ4n) is 1.63. The molecule has 3 rings (SSSR count). The highest BCUT2D eigenvalue weighted by atomic mass is 32.2. The number of aromatic nitrogens is 4. The number of nitrogens with zero attached hydrogens (tertiary/aromatic N) is 4. The summed E-state index contributed by atoms with van der Waals surface area (Å²) in [6, 6.07) is 4.38. The minimum Gasteiger partial charge on any atom is -0.301 e. The molecule has 0 aliphatic heterocycles. The van der Waals surface area contributed by atoms with Crippen LogP contribution in [0.15, 0.2) is 29.7 Å². The van der Waals surface area contributed by atoms with E-state index in [1.165, 1.54) is 41.6 Å². The smallest absolute Gasteiger partial charge is 0.270 e. The summed E-state index contributed by atoms with van der Waals surface area (Å²) in [5, 5.41) is 20.7. The van der Waals surface area contributed by atoms with Crippen molar-refractivity contribution in [3.05, 3.63) is 34.6 Å². The monoisotopic (exact) mass is 336 g/mol. The first-order valence-corrected chi connectivity index (χ1v) is 7.75. The lowest BCUT2D eigenvalue weighted by Gasteiger charge is -1.98. The van der Waals surface area contributed by atoms with Crippen LogP contribution < -0.4 is 5.32 Å². The van der Waals surface area contributed by atoms with Crippen LogP contribution >= 0.6 is 23.1 Å². The fourth-order valence-corrected chi connectivity index (χ4v) is 3.13. The van der Waals surface area contributed by atoms with Crippen LogP contribution in [0.5, 0.6) is 0 Å². The largest absolute Gasteiger partial charge is 0.301 e. The first-order chi connectivity index (χ1) is 10.6. The predicted octanol–water partition coefficient (Wildman–Crippen LogP) is 2.05. The van der Waals surface area contributed by atoms with Crippen LogP contribution in [-0.2, 0) is 4.79 Å². The third-order valence-corrected chi connectivity index (χ3v) is 4.37. The van der Waals surface area contributed by atoms with Gasteiger partial charge in [-0.1, -0.05) is 23.1 Å². The molecule has 22 heavy (non-hydrogen) atoms. The number of nitro benzene ring substituents is 1. The molecule has 2 aromatic heterocycles. The molecule has 11 heteroatoms. The highest BCUT2D eigenvalue weighted by Gasteiger charge is 2.12. The summed E-state index contributed by atoms with van der Waals surface area (Å²) in [5.74, 6) is -0.0828. The zero-order valence-corrected chi connectivity index (χ0v) is 12.5. The van der Waals surface area contributed by atoms with E-state index < -0.39 is 4.92 Å². The maximum Gasteiger partial charge on any atom is 0.270 e. The molecule has 0 aliphatic carbocycles. The Kier molecular flexibility index (Phi) is 3.98. The number of fused-ring (bicyclic) bond motifs is 1. The molecular formula is C11H8N6O3S2. The van der Waals surface area contributed by atoms with E-state index in [1.54, 1.807) is 6.07 Å². The number of non-ortho nitro benzene ring substituents is 1. The molecule has 0 spiro atoms. The molecule has 0 saturated heterocycles. The summed E-state index contributed by atoms with van der Waals surface area (Å²) < 4.78 is 0.646. The molecule has 2 heterocycles. The molecule has 1 aromatic carbocycles. The number of carbonyl (C=O) groups is 1. The minimum atomic E-state index is -0.467. The minimum absolute atomic E-state index is 0.00472. The number of anilines is 1. The predicted molar refractivity (Wildman–Crippen MR) is 82.0 cm³/mol. The van der Waals surface area contributed by atoms with Gasteiger partial charge in [-0.15, -0.1) is 0 Å². The van der Waals surface area contributed by atoms with E-state index in [9.17, 15) is 14.9 Å². The number of rotatable bonds is 5. The van der Waals surface area contributed by atoms with Gasteiger partial charge in [-0.3, -0.25) is 20.0 Å². The van der Waals surface area contributed by atoms with E-state index in [0.717, 1.165) is 0 Å². The van der Waals surface area contributed by atoms with Crippen molar-refractivity contribution in [2.45, 2.75) is 5.16 Å². The Balaban J connectivity index is 1.68. The molecular weight excluding hydrogens is 328 g/mol. The maximum atomic E-state index is 11.8. The number of carbonyl (C=O) groups excluding carboxylic acids is 1. The Hall–Kier alpha value is -2.53. The van der Waals surface area contributed by atoms with Crippen LogP contribution in [0.2, 0.25) is 0 Å². The molecule has 112 valence electrons. The maximum absolute atomic E-state index is 11.8. The summed E-state index contributed by atoms with van der Waals surface area (Å²) in [5.41, 5.74) is 0.601. The van der Waals surface area contributed by atoms with Crippen molar-refractivity contribution in [3.8, 4) is 0 Å². The van der Waals surface area contributed by atoms with Gasteiger partial charge in [0.2, 0.25) is 5.91 Å². The lowest BCUT2D eigenvalue weighted by atomic mass is 10.3. The summed E-state index contributed by atoms with van der Waals surface area (Å²) in [4.78, 5) is 30.2. The highest BCUT2D eigenvalue weighted by molar-refractivity contribution is 7.99. The second-order valence-corrected chi connectivity index (χ2v) is 6.05. The molecule has 0 radical (unpaired) electrons.